The molecule has 4 rings (SSSR count). The number of halogens is 3. The predicted molar refractivity (Wildman–Crippen MR) is 121 cm³/mol. The molecule has 0 atom stereocenters. The quantitative estimate of drug-likeness (QED) is 0.344. The van der Waals surface area contributed by atoms with Crippen molar-refractivity contribution in [3.05, 3.63) is 107 Å². The largest absolute Gasteiger partial charge is 0.489 e. The number of thiazole rings is 1. The molecule has 4 nitrogen and oxygen atoms in total. The fraction of sp³-hybridized carbons (Fsp3) is 0.120. The van der Waals surface area contributed by atoms with Crippen molar-refractivity contribution in [1.82, 2.24) is 10.3 Å². The molecular weight excluding hydrogens is 449 g/mol. The van der Waals surface area contributed by atoms with E-state index in [-0.39, 0.29) is 12.5 Å². The topological polar surface area (TPSA) is 51.2 Å². The van der Waals surface area contributed by atoms with Gasteiger partial charge in [-0.15, -0.1) is 11.3 Å². The molecule has 0 bridgehead atoms. The summed E-state index contributed by atoms with van der Waals surface area (Å²) in [5.74, 6) is 0.342. The second-order valence-electron chi connectivity index (χ2n) is 7.21. The number of rotatable bonds is 7. The Labute approximate surface area is 192 Å². The summed E-state index contributed by atoms with van der Waals surface area (Å²) in [5.41, 5.74) is 2.15. The molecular formula is C25H19F3N2O2S. The van der Waals surface area contributed by atoms with Gasteiger partial charge in [-0.1, -0.05) is 42.5 Å². The Morgan fingerprint density at radius 3 is 2.27 bits per heavy atom. The van der Waals surface area contributed by atoms with Gasteiger partial charge in [0.15, 0.2) is 0 Å². The van der Waals surface area contributed by atoms with Crippen LogP contribution in [0.2, 0.25) is 0 Å². The van der Waals surface area contributed by atoms with Crippen LogP contribution in [0.4, 0.5) is 13.2 Å². The maximum Gasteiger partial charge on any atom is 0.416 e. The molecule has 0 saturated carbocycles. The second-order valence-corrected chi connectivity index (χ2v) is 8.07. The van der Waals surface area contributed by atoms with Gasteiger partial charge in [-0.05, 0) is 47.5 Å². The van der Waals surface area contributed by atoms with E-state index >= 15 is 0 Å². The number of hydrogen-bond acceptors (Lipinski definition) is 4. The van der Waals surface area contributed by atoms with Crippen molar-refractivity contribution < 1.29 is 22.7 Å². The number of ether oxygens (including phenoxy) is 1. The summed E-state index contributed by atoms with van der Waals surface area (Å²) in [4.78, 5) is 16.8. The van der Waals surface area contributed by atoms with Gasteiger partial charge in [0.25, 0.3) is 5.91 Å². The van der Waals surface area contributed by atoms with Crippen LogP contribution in [0.1, 0.15) is 27.2 Å². The van der Waals surface area contributed by atoms with Crippen molar-refractivity contribution in [2.45, 2.75) is 19.3 Å². The average Bonchev–Trinajstić information content (AvgIpc) is 3.32. The lowest BCUT2D eigenvalue weighted by Crippen LogP contribution is -2.23. The molecule has 0 saturated heterocycles. The van der Waals surface area contributed by atoms with Crippen molar-refractivity contribution in [2.24, 2.45) is 0 Å². The van der Waals surface area contributed by atoms with E-state index in [0.29, 0.717) is 28.6 Å². The van der Waals surface area contributed by atoms with Gasteiger partial charge in [0.1, 0.15) is 23.1 Å². The van der Waals surface area contributed by atoms with Crippen molar-refractivity contribution in [1.29, 1.82) is 0 Å². The number of alkyl halides is 3. The first-order valence-corrected chi connectivity index (χ1v) is 10.9. The summed E-state index contributed by atoms with van der Waals surface area (Å²) in [6, 6.07) is 21.7. The first-order chi connectivity index (χ1) is 15.9. The minimum absolute atomic E-state index is 0.153. The van der Waals surface area contributed by atoms with Crippen molar-refractivity contribution in [2.75, 3.05) is 0 Å². The molecule has 0 aliphatic heterocycles. The normalized spacial score (nSPS) is 11.2. The van der Waals surface area contributed by atoms with E-state index in [4.69, 9.17) is 4.74 Å². The van der Waals surface area contributed by atoms with E-state index in [9.17, 15) is 18.0 Å². The molecule has 4 aromatic rings. The summed E-state index contributed by atoms with van der Waals surface area (Å²) >= 11 is 1.37. The number of carbonyl (C=O) groups excluding carboxylic acids is 1. The first-order valence-electron chi connectivity index (χ1n) is 10.1. The lowest BCUT2D eigenvalue weighted by Gasteiger charge is -2.09. The van der Waals surface area contributed by atoms with Crippen LogP contribution in [0.5, 0.6) is 5.75 Å². The molecule has 0 spiro atoms. The first kappa shape index (κ1) is 22.5. The standard InChI is InChI=1S/C25H19F3N2O2S/c26-25(27,28)20-10-6-18(7-11-20)15-32-21-12-8-19(9-13-21)24-30-22(16-33-24)23(31)29-14-17-4-2-1-3-5-17/h1-13,16H,14-15H2,(H,29,31). The molecule has 0 aliphatic rings. The molecule has 33 heavy (non-hydrogen) atoms. The smallest absolute Gasteiger partial charge is 0.416 e. The Kier molecular flexibility index (Phi) is 6.74. The van der Waals surface area contributed by atoms with Crippen LogP contribution in [0.3, 0.4) is 0 Å². The van der Waals surface area contributed by atoms with E-state index in [0.717, 1.165) is 23.3 Å². The maximum atomic E-state index is 12.6. The third-order valence-electron chi connectivity index (χ3n) is 4.82. The van der Waals surface area contributed by atoms with Gasteiger partial charge in [0, 0.05) is 17.5 Å². The SMILES string of the molecule is O=C(NCc1ccccc1)c1csc(-c2ccc(OCc3ccc(C(F)(F)F)cc3)cc2)n1. The molecule has 1 heterocycles. The van der Waals surface area contributed by atoms with Crippen LogP contribution in [-0.2, 0) is 19.3 Å². The molecule has 0 aliphatic carbocycles. The Balaban J connectivity index is 1.33. The minimum Gasteiger partial charge on any atom is -0.489 e. The molecule has 168 valence electrons. The van der Waals surface area contributed by atoms with Crippen LogP contribution in [0.15, 0.2) is 84.2 Å². The zero-order valence-corrected chi connectivity index (χ0v) is 18.1. The summed E-state index contributed by atoms with van der Waals surface area (Å²) in [6.45, 7) is 0.581. The molecule has 3 aromatic carbocycles. The van der Waals surface area contributed by atoms with Gasteiger partial charge >= 0.3 is 6.18 Å². The number of nitrogens with zero attached hydrogens (tertiary/aromatic N) is 1. The Bertz CT molecular complexity index is 1210. The van der Waals surface area contributed by atoms with Gasteiger partial charge in [-0.2, -0.15) is 13.2 Å². The van der Waals surface area contributed by atoms with Gasteiger partial charge in [-0.25, -0.2) is 4.98 Å². The molecule has 1 amide bonds. The Morgan fingerprint density at radius 2 is 1.61 bits per heavy atom. The third kappa shape index (κ3) is 5.98. The monoisotopic (exact) mass is 468 g/mol. The summed E-state index contributed by atoms with van der Waals surface area (Å²) < 4.78 is 43.6. The zero-order valence-electron chi connectivity index (χ0n) is 17.3. The van der Waals surface area contributed by atoms with E-state index < -0.39 is 11.7 Å². The maximum absolute atomic E-state index is 12.6. The van der Waals surface area contributed by atoms with Crippen molar-refractivity contribution >= 4 is 17.2 Å². The van der Waals surface area contributed by atoms with E-state index in [1.165, 1.54) is 23.5 Å². The Hall–Kier alpha value is -3.65. The highest BCUT2D eigenvalue weighted by Gasteiger charge is 2.29. The highest BCUT2D eigenvalue weighted by molar-refractivity contribution is 7.13. The number of benzene rings is 3. The van der Waals surface area contributed by atoms with Gasteiger partial charge in [-0.3, -0.25) is 4.79 Å². The highest BCUT2D eigenvalue weighted by atomic mass is 32.1. The predicted octanol–water partition coefficient (Wildman–Crippen LogP) is 6.34. The molecule has 0 fully saturated rings. The number of hydrogen-bond donors (Lipinski definition) is 1. The fourth-order valence-electron chi connectivity index (χ4n) is 3.03. The molecule has 8 heteroatoms. The lowest BCUT2D eigenvalue weighted by molar-refractivity contribution is -0.137. The van der Waals surface area contributed by atoms with Gasteiger partial charge in [0.2, 0.25) is 0 Å². The van der Waals surface area contributed by atoms with E-state index in [1.807, 2.05) is 42.5 Å². The van der Waals surface area contributed by atoms with E-state index in [1.54, 1.807) is 17.5 Å². The van der Waals surface area contributed by atoms with Crippen LogP contribution < -0.4 is 10.1 Å². The van der Waals surface area contributed by atoms with Crippen LogP contribution in [-0.4, -0.2) is 10.9 Å². The molecule has 1 aromatic heterocycles. The van der Waals surface area contributed by atoms with Crippen LogP contribution >= 0.6 is 11.3 Å². The van der Waals surface area contributed by atoms with E-state index in [2.05, 4.69) is 10.3 Å². The van der Waals surface area contributed by atoms with Crippen LogP contribution in [0.25, 0.3) is 10.6 Å². The minimum atomic E-state index is -4.35. The summed E-state index contributed by atoms with van der Waals surface area (Å²) in [5, 5.41) is 5.27. The zero-order chi connectivity index (χ0) is 23.3. The molecule has 0 unspecified atom stereocenters. The second kappa shape index (κ2) is 9.87. The average molecular weight is 469 g/mol. The van der Waals surface area contributed by atoms with Gasteiger partial charge < -0.3 is 10.1 Å². The Morgan fingerprint density at radius 1 is 0.909 bits per heavy atom. The molecule has 0 radical (unpaired) electrons. The number of carbonyl (C=O) groups is 1. The van der Waals surface area contributed by atoms with Crippen molar-refractivity contribution in [3.8, 4) is 16.3 Å². The lowest BCUT2D eigenvalue weighted by atomic mass is 10.1. The van der Waals surface area contributed by atoms with Crippen LogP contribution in [0, 0.1) is 0 Å². The number of nitrogens with one attached hydrogen (secondary N) is 1. The number of aromatic nitrogens is 1. The number of amides is 1. The summed E-state index contributed by atoms with van der Waals surface area (Å²) in [6.07, 6.45) is -4.35. The van der Waals surface area contributed by atoms with Gasteiger partial charge in [0.05, 0.1) is 5.56 Å². The third-order valence-corrected chi connectivity index (χ3v) is 5.71. The summed E-state index contributed by atoms with van der Waals surface area (Å²) in [7, 11) is 0. The van der Waals surface area contributed by atoms with Crippen molar-refractivity contribution in [3.63, 3.8) is 0 Å². The highest BCUT2D eigenvalue weighted by Crippen LogP contribution is 2.29. The fourth-order valence-corrected chi connectivity index (χ4v) is 3.84. The molecule has 1 N–H and O–H groups in total.